The first kappa shape index (κ1) is 12.1. The van der Waals surface area contributed by atoms with Crippen molar-refractivity contribution in [1.82, 2.24) is 4.98 Å². The van der Waals surface area contributed by atoms with Crippen LogP contribution in [-0.2, 0) is 4.74 Å². The SMILES string of the molecule is COCC(CO)Nc1ccc2scnc2c1N. The van der Waals surface area contributed by atoms with Crippen LogP contribution in [0.1, 0.15) is 0 Å². The maximum absolute atomic E-state index is 9.19. The van der Waals surface area contributed by atoms with E-state index in [9.17, 15) is 5.11 Å². The molecule has 0 aliphatic carbocycles. The third kappa shape index (κ3) is 2.49. The molecule has 2 rings (SSSR count). The number of aliphatic hydroxyl groups is 1. The van der Waals surface area contributed by atoms with Gasteiger partial charge in [-0.2, -0.15) is 0 Å². The number of rotatable bonds is 5. The molecule has 92 valence electrons. The Hall–Kier alpha value is -1.37. The number of fused-ring (bicyclic) bond motifs is 1. The number of nitrogens with two attached hydrogens (primary N) is 1. The molecule has 0 aliphatic heterocycles. The van der Waals surface area contributed by atoms with Crippen LogP contribution in [0.2, 0.25) is 0 Å². The Balaban J connectivity index is 2.25. The Labute approximate surface area is 103 Å². The van der Waals surface area contributed by atoms with Crippen LogP contribution in [0.25, 0.3) is 10.2 Å². The van der Waals surface area contributed by atoms with Crippen LogP contribution in [0.5, 0.6) is 0 Å². The Bertz CT molecular complexity index is 500. The lowest BCUT2D eigenvalue weighted by Gasteiger charge is -2.18. The molecule has 0 saturated heterocycles. The third-order valence-electron chi connectivity index (χ3n) is 2.49. The summed E-state index contributed by atoms with van der Waals surface area (Å²) in [7, 11) is 1.59. The molecule has 0 saturated carbocycles. The van der Waals surface area contributed by atoms with E-state index in [2.05, 4.69) is 10.3 Å². The second kappa shape index (κ2) is 5.31. The molecule has 0 amide bonds. The minimum Gasteiger partial charge on any atom is -0.395 e. The molecular weight excluding hydrogens is 238 g/mol. The molecular formula is C11H15N3O2S. The van der Waals surface area contributed by atoms with Gasteiger partial charge < -0.3 is 20.9 Å². The summed E-state index contributed by atoms with van der Waals surface area (Å²) < 4.78 is 6.06. The van der Waals surface area contributed by atoms with Crippen molar-refractivity contribution in [2.24, 2.45) is 0 Å². The molecule has 5 nitrogen and oxygen atoms in total. The minimum absolute atomic E-state index is 0.0115. The highest BCUT2D eigenvalue weighted by atomic mass is 32.1. The quantitative estimate of drug-likeness (QED) is 0.700. The molecule has 1 unspecified atom stereocenters. The van der Waals surface area contributed by atoms with Gasteiger partial charge in [0.1, 0.15) is 5.52 Å². The number of ether oxygens (including phenoxy) is 1. The Morgan fingerprint density at radius 2 is 2.41 bits per heavy atom. The van der Waals surface area contributed by atoms with E-state index in [1.54, 1.807) is 24.0 Å². The predicted octanol–water partition coefficient (Wildman–Crippen LogP) is 1.30. The van der Waals surface area contributed by atoms with Gasteiger partial charge >= 0.3 is 0 Å². The highest BCUT2D eigenvalue weighted by molar-refractivity contribution is 7.16. The fraction of sp³-hybridized carbons (Fsp3) is 0.364. The number of benzene rings is 1. The fourth-order valence-corrected chi connectivity index (χ4v) is 2.33. The van der Waals surface area contributed by atoms with Gasteiger partial charge in [-0.05, 0) is 12.1 Å². The molecule has 1 atom stereocenters. The Kier molecular flexibility index (Phi) is 3.78. The number of hydrogen-bond donors (Lipinski definition) is 3. The van der Waals surface area contributed by atoms with Crippen LogP contribution < -0.4 is 11.1 Å². The van der Waals surface area contributed by atoms with Crippen LogP contribution in [0.15, 0.2) is 17.6 Å². The van der Waals surface area contributed by atoms with Crippen molar-refractivity contribution in [3.63, 3.8) is 0 Å². The zero-order valence-electron chi connectivity index (χ0n) is 9.51. The molecule has 1 heterocycles. The van der Waals surface area contributed by atoms with E-state index in [-0.39, 0.29) is 12.6 Å². The zero-order chi connectivity index (χ0) is 12.3. The minimum atomic E-state index is -0.168. The molecule has 2 aromatic rings. The molecule has 0 fully saturated rings. The number of thiazole rings is 1. The molecule has 6 heteroatoms. The summed E-state index contributed by atoms with van der Waals surface area (Å²) in [5.74, 6) is 0. The van der Waals surface area contributed by atoms with Gasteiger partial charge in [-0.3, -0.25) is 0 Å². The van der Waals surface area contributed by atoms with E-state index in [1.807, 2.05) is 12.1 Å². The number of aromatic nitrogens is 1. The van der Waals surface area contributed by atoms with Gasteiger partial charge in [0.25, 0.3) is 0 Å². The summed E-state index contributed by atoms with van der Waals surface area (Å²) in [6, 6.07) is 3.69. The highest BCUT2D eigenvalue weighted by Gasteiger charge is 2.11. The summed E-state index contributed by atoms with van der Waals surface area (Å²) >= 11 is 1.55. The lowest BCUT2D eigenvalue weighted by Crippen LogP contribution is -2.29. The smallest absolute Gasteiger partial charge is 0.106 e. The summed E-state index contributed by atoms with van der Waals surface area (Å²) in [6.45, 7) is 0.410. The standard InChI is InChI=1S/C11H15N3O2S/c1-16-5-7(4-15)14-8-2-3-9-11(10(8)12)13-6-17-9/h2-3,6-7,14-15H,4-5,12H2,1H3. The van der Waals surface area contributed by atoms with E-state index >= 15 is 0 Å². The van der Waals surface area contributed by atoms with Gasteiger partial charge in [0.15, 0.2) is 0 Å². The van der Waals surface area contributed by atoms with Crippen LogP contribution in [0.4, 0.5) is 11.4 Å². The summed E-state index contributed by atoms with van der Waals surface area (Å²) in [6.07, 6.45) is 0. The van der Waals surface area contributed by atoms with Crippen molar-refractivity contribution in [3.05, 3.63) is 17.6 Å². The lowest BCUT2D eigenvalue weighted by atomic mass is 10.2. The summed E-state index contributed by atoms with van der Waals surface area (Å²) in [4.78, 5) is 4.22. The number of anilines is 2. The molecule has 1 aromatic heterocycles. The Morgan fingerprint density at radius 3 is 3.12 bits per heavy atom. The maximum Gasteiger partial charge on any atom is 0.106 e. The monoisotopic (exact) mass is 253 g/mol. The third-order valence-corrected chi connectivity index (χ3v) is 3.28. The average molecular weight is 253 g/mol. The van der Waals surface area contributed by atoms with Gasteiger partial charge in [0.05, 0.1) is 40.8 Å². The van der Waals surface area contributed by atoms with Crippen molar-refractivity contribution in [1.29, 1.82) is 0 Å². The first-order valence-corrected chi connectivity index (χ1v) is 6.12. The predicted molar refractivity (Wildman–Crippen MR) is 70.4 cm³/mol. The first-order valence-electron chi connectivity index (χ1n) is 5.24. The van der Waals surface area contributed by atoms with E-state index in [0.717, 1.165) is 15.9 Å². The molecule has 17 heavy (non-hydrogen) atoms. The molecule has 0 bridgehead atoms. The van der Waals surface area contributed by atoms with Gasteiger partial charge in [-0.15, -0.1) is 11.3 Å². The van der Waals surface area contributed by atoms with Gasteiger partial charge in [0.2, 0.25) is 0 Å². The van der Waals surface area contributed by atoms with Crippen LogP contribution in [0.3, 0.4) is 0 Å². The van der Waals surface area contributed by atoms with Crippen molar-refractivity contribution in [3.8, 4) is 0 Å². The van der Waals surface area contributed by atoms with E-state index in [0.29, 0.717) is 12.3 Å². The van der Waals surface area contributed by atoms with Crippen molar-refractivity contribution in [2.45, 2.75) is 6.04 Å². The topological polar surface area (TPSA) is 80.4 Å². The van der Waals surface area contributed by atoms with Gasteiger partial charge in [0, 0.05) is 7.11 Å². The number of nitrogen functional groups attached to an aromatic ring is 1. The number of hydrogen-bond acceptors (Lipinski definition) is 6. The van der Waals surface area contributed by atoms with Gasteiger partial charge in [-0.25, -0.2) is 4.98 Å². The van der Waals surface area contributed by atoms with Crippen LogP contribution in [0, 0.1) is 0 Å². The first-order chi connectivity index (χ1) is 8.26. The zero-order valence-corrected chi connectivity index (χ0v) is 10.3. The molecule has 4 N–H and O–H groups in total. The Morgan fingerprint density at radius 1 is 1.59 bits per heavy atom. The molecule has 1 aromatic carbocycles. The second-order valence-corrected chi connectivity index (χ2v) is 4.59. The van der Waals surface area contributed by atoms with E-state index in [4.69, 9.17) is 10.5 Å². The number of methoxy groups -OCH3 is 1. The van der Waals surface area contributed by atoms with Crippen LogP contribution in [-0.4, -0.2) is 36.5 Å². The molecule has 0 radical (unpaired) electrons. The largest absolute Gasteiger partial charge is 0.395 e. The average Bonchev–Trinajstić information content (AvgIpc) is 2.80. The van der Waals surface area contributed by atoms with E-state index in [1.165, 1.54) is 0 Å². The fourth-order valence-electron chi connectivity index (χ4n) is 1.64. The number of nitrogens with zero attached hydrogens (tertiary/aromatic N) is 1. The highest BCUT2D eigenvalue weighted by Crippen LogP contribution is 2.30. The lowest BCUT2D eigenvalue weighted by molar-refractivity contribution is 0.153. The van der Waals surface area contributed by atoms with Crippen molar-refractivity contribution in [2.75, 3.05) is 31.4 Å². The van der Waals surface area contributed by atoms with Crippen LogP contribution >= 0.6 is 11.3 Å². The maximum atomic E-state index is 9.19. The molecule has 0 aliphatic rings. The summed E-state index contributed by atoms with van der Waals surface area (Å²) in [5.41, 5.74) is 9.98. The molecule has 0 spiro atoms. The van der Waals surface area contributed by atoms with Crippen molar-refractivity contribution < 1.29 is 9.84 Å². The number of aliphatic hydroxyl groups excluding tert-OH is 1. The second-order valence-electron chi connectivity index (χ2n) is 3.71. The van der Waals surface area contributed by atoms with E-state index < -0.39 is 0 Å². The van der Waals surface area contributed by atoms with Gasteiger partial charge in [-0.1, -0.05) is 0 Å². The normalized spacial score (nSPS) is 12.8. The van der Waals surface area contributed by atoms with Crippen molar-refractivity contribution >= 4 is 32.9 Å². The number of nitrogens with one attached hydrogen (secondary N) is 1. The summed E-state index contributed by atoms with van der Waals surface area (Å²) in [5, 5.41) is 12.3.